The van der Waals surface area contributed by atoms with Gasteiger partial charge in [0.15, 0.2) is 0 Å². The smallest absolute Gasteiger partial charge is 0.142 e. The number of carbonyl (C=O) groups excluding carboxylic acids is 2. The van der Waals surface area contributed by atoms with Gasteiger partial charge in [0.1, 0.15) is 17.4 Å². The maximum Gasteiger partial charge on any atom is 0.142 e. The van der Waals surface area contributed by atoms with Crippen LogP contribution in [0.3, 0.4) is 0 Å². The summed E-state index contributed by atoms with van der Waals surface area (Å²) >= 11 is 6.06. The lowest BCUT2D eigenvalue weighted by molar-refractivity contribution is -0.121. The van der Waals surface area contributed by atoms with Crippen molar-refractivity contribution in [2.75, 3.05) is 17.2 Å². The van der Waals surface area contributed by atoms with Crippen LogP contribution >= 0.6 is 11.6 Å². The molecule has 4 aromatic carbocycles. The lowest BCUT2D eigenvalue weighted by atomic mass is 9.88. The van der Waals surface area contributed by atoms with E-state index in [-0.39, 0.29) is 24.0 Å². The lowest BCUT2D eigenvalue weighted by Gasteiger charge is -2.17. The molecule has 1 heterocycles. The predicted octanol–water partition coefficient (Wildman–Crippen LogP) is 18.1. The van der Waals surface area contributed by atoms with Crippen LogP contribution < -0.4 is 17.2 Å². The van der Waals surface area contributed by atoms with E-state index < -0.39 is 0 Å². The Bertz CT molecular complexity index is 2240. The molecule has 5 rings (SSSR count). The highest BCUT2D eigenvalue weighted by Crippen LogP contribution is 2.27. The summed E-state index contributed by atoms with van der Waals surface area (Å²) in [4.78, 5) is 27.3. The minimum absolute atomic E-state index is 0. The fourth-order valence-electron chi connectivity index (χ4n) is 7.58. The van der Waals surface area contributed by atoms with Gasteiger partial charge in [0, 0.05) is 43.3 Å². The highest BCUT2D eigenvalue weighted by molar-refractivity contribution is 6.33. The van der Waals surface area contributed by atoms with Gasteiger partial charge in [0.05, 0.1) is 5.02 Å². The Morgan fingerprint density at radius 2 is 0.792 bits per heavy atom. The SMILES string of the molecule is C.CC(C)(C)CC(=O)Cc1ccccc1.CC(C)(C)CC(=O)Cc1ccccc1N.CC(C)(C)CCCc1ccccc1.CC(C)(C)CCCc1ccccc1N.CC(C)(C)CCCc1ccnc(N)c1Cl. The lowest BCUT2D eigenvalue weighted by Crippen LogP contribution is -2.15. The number of rotatable bonds is 15. The maximum atomic E-state index is 11.7. The number of para-hydroxylation sites is 2. The second-order valence-corrected chi connectivity index (χ2v) is 25.6. The summed E-state index contributed by atoms with van der Waals surface area (Å²) in [6, 6.07) is 38.3. The molecule has 0 saturated heterocycles. The number of nitrogens with zero attached hydrogens (tertiary/aromatic N) is 1. The van der Waals surface area contributed by atoms with Crippen LogP contribution in [0.5, 0.6) is 0 Å². The van der Waals surface area contributed by atoms with Crippen molar-refractivity contribution in [1.82, 2.24) is 4.98 Å². The van der Waals surface area contributed by atoms with Gasteiger partial charge in [-0.15, -0.1) is 0 Å². The van der Waals surface area contributed by atoms with Crippen LogP contribution in [0.25, 0.3) is 0 Å². The molecule has 1 aromatic heterocycles. The molecule has 0 radical (unpaired) electrons. The van der Waals surface area contributed by atoms with Gasteiger partial charge < -0.3 is 17.2 Å². The number of aryl methyl sites for hydroxylation is 3. The summed E-state index contributed by atoms with van der Waals surface area (Å²) in [5, 5.41) is 0.617. The summed E-state index contributed by atoms with van der Waals surface area (Å²) in [6.07, 6.45) is 14.7. The summed E-state index contributed by atoms with van der Waals surface area (Å²) in [6.45, 7) is 33.0. The van der Waals surface area contributed by atoms with Crippen LogP contribution in [-0.4, -0.2) is 16.6 Å². The number of nitrogen functional groups attached to an aromatic ring is 3. The van der Waals surface area contributed by atoms with Crippen LogP contribution in [0.1, 0.15) is 190 Å². The van der Waals surface area contributed by atoms with E-state index in [4.69, 9.17) is 28.8 Å². The maximum absolute atomic E-state index is 11.7. The number of nitrogens with two attached hydrogens (primary N) is 3. The van der Waals surface area contributed by atoms with Crippen molar-refractivity contribution in [2.24, 2.45) is 27.1 Å². The van der Waals surface area contributed by atoms with Gasteiger partial charge in [-0.2, -0.15) is 0 Å². The first-order chi connectivity index (χ1) is 32.8. The molecular formula is C65H101ClN4O2. The quantitative estimate of drug-likeness (QED) is 0.0897. The number of anilines is 3. The van der Waals surface area contributed by atoms with Crippen LogP contribution in [-0.2, 0) is 41.7 Å². The molecule has 400 valence electrons. The van der Waals surface area contributed by atoms with Gasteiger partial charge in [-0.25, -0.2) is 4.98 Å². The number of ketones is 2. The first-order valence-electron chi connectivity index (χ1n) is 26.0. The largest absolute Gasteiger partial charge is 0.399 e. The Hall–Kier alpha value is -4.94. The molecule has 0 aliphatic carbocycles. The van der Waals surface area contributed by atoms with E-state index in [1.54, 1.807) is 6.20 Å². The van der Waals surface area contributed by atoms with Crippen LogP contribution in [0.2, 0.25) is 5.02 Å². The van der Waals surface area contributed by atoms with E-state index in [1.165, 1.54) is 49.7 Å². The number of aromatic nitrogens is 1. The Morgan fingerprint density at radius 1 is 0.431 bits per heavy atom. The Kier molecular flexibility index (Phi) is 30.7. The second kappa shape index (κ2) is 33.0. The number of Topliss-reactive ketones (excluding diaryl/α,β-unsaturated/α-hetero) is 2. The minimum atomic E-state index is 0. The summed E-state index contributed by atoms with van der Waals surface area (Å²) < 4.78 is 0. The molecule has 6 nitrogen and oxygen atoms in total. The minimum Gasteiger partial charge on any atom is -0.399 e. The summed E-state index contributed by atoms with van der Waals surface area (Å²) in [5.74, 6) is 1.01. The van der Waals surface area contributed by atoms with E-state index in [0.29, 0.717) is 64.2 Å². The summed E-state index contributed by atoms with van der Waals surface area (Å²) in [5.41, 5.74) is 26.3. The number of halogens is 1. The molecular weight excluding hydrogens is 904 g/mol. The normalized spacial score (nSPS) is 11.4. The predicted molar refractivity (Wildman–Crippen MR) is 318 cm³/mol. The highest BCUT2D eigenvalue weighted by atomic mass is 35.5. The zero-order chi connectivity index (χ0) is 53.9. The fourth-order valence-corrected chi connectivity index (χ4v) is 7.79. The number of carbonyl (C=O) groups is 2. The van der Waals surface area contributed by atoms with E-state index >= 15 is 0 Å². The number of hydrogen-bond acceptors (Lipinski definition) is 6. The number of benzene rings is 4. The van der Waals surface area contributed by atoms with E-state index in [9.17, 15) is 9.59 Å². The van der Waals surface area contributed by atoms with Crippen LogP contribution in [0.15, 0.2) is 121 Å². The van der Waals surface area contributed by atoms with Crippen molar-refractivity contribution in [3.05, 3.63) is 154 Å². The molecule has 0 unspecified atom stereocenters. The second-order valence-electron chi connectivity index (χ2n) is 25.2. The zero-order valence-corrected chi connectivity index (χ0v) is 47.9. The van der Waals surface area contributed by atoms with Gasteiger partial charge in [0.2, 0.25) is 0 Å². The van der Waals surface area contributed by atoms with Gasteiger partial charge in [-0.1, -0.05) is 220 Å². The Morgan fingerprint density at radius 3 is 1.21 bits per heavy atom. The first kappa shape index (κ1) is 67.1. The van der Waals surface area contributed by atoms with Crippen molar-refractivity contribution < 1.29 is 9.59 Å². The number of pyridine rings is 1. The first-order valence-corrected chi connectivity index (χ1v) is 26.4. The van der Waals surface area contributed by atoms with Crippen molar-refractivity contribution in [3.63, 3.8) is 0 Å². The molecule has 0 saturated carbocycles. The Labute approximate surface area is 446 Å². The summed E-state index contributed by atoms with van der Waals surface area (Å²) in [7, 11) is 0. The van der Waals surface area contributed by atoms with Gasteiger partial charge in [-0.3, -0.25) is 9.59 Å². The molecule has 0 atom stereocenters. The van der Waals surface area contributed by atoms with Gasteiger partial charge in [0.25, 0.3) is 0 Å². The van der Waals surface area contributed by atoms with Gasteiger partial charge >= 0.3 is 0 Å². The van der Waals surface area contributed by atoms with Crippen LogP contribution in [0.4, 0.5) is 17.2 Å². The van der Waals surface area contributed by atoms with Crippen molar-refractivity contribution in [2.45, 2.75) is 195 Å². The average Bonchev–Trinajstić information content (AvgIpc) is 3.23. The number of hydrogen-bond donors (Lipinski definition) is 3. The topological polar surface area (TPSA) is 125 Å². The third kappa shape index (κ3) is 36.0. The molecule has 0 amide bonds. The Balaban J connectivity index is 0.000000873. The van der Waals surface area contributed by atoms with Crippen molar-refractivity contribution >= 4 is 40.4 Å². The average molecular weight is 1010 g/mol. The molecule has 0 aliphatic heterocycles. The standard InChI is InChI=1S/C13H19NO.C13H21N.C13H18O.C13H20.C12H19ClN2.CH4/c1-13(2,3)9-11(15)8-10-6-4-5-7-12(10)14;1-13(2,3)10-6-8-11-7-4-5-9-12(11)14;1-13(2,3)10-12(14)9-11-7-5-4-6-8-11;1-13(2,3)11-7-10-12-8-5-4-6-9-12;1-12(2,3)7-4-5-9-6-8-15-11(14)10(9)13;/h4-7H,8-9,14H2,1-3H3;4-5,7,9H,6,8,10,14H2,1-3H3;4-8H,9-10H2,1-3H3;4-6,8-9H,7,10-11H2,1-3H3;6,8H,4-5,7H2,1-3H3,(H2,14,15);1H4. The van der Waals surface area contributed by atoms with Gasteiger partial charge in [-0.05, 0) is 131 Å². The molecule has 72 heavy (non-hydrogen) atoms. The molecule has 0 spiro atoms. The van der Waals surface area contributed by atoms with Crippen molar-refractivity contribution in [3.8, 4) is 0 Å². The molecule has 6 N–H and O–H groups in total. The molecule has 5 aromatic rings. The van der Waals surface area contributed by atoms with E-state index in [2.05, 4.69) is 151 Å². The van der Waals surface area contributed by atoms with Crippen LogP contribution in [0, 0.1) is 27.1 Å². The molecule has 0 bridgehead atoms. The van der Waals surface area contributed by atoms with E-state index in [0.717, 1.165) is 41.6 Å². The van der Waals surface area contributed by atoms with Crippen molar-refractivity contribution in [1.29, 1.82) is 0 Å². The molecule has 0 aliphatic rings. The zero-order valence-electron chi connectivity index (χ0n) is 47.1. The highest BCUT2D eigenvalue weighted by Gasteiger charge is 2.18. The third-order valence-corrected chi connectivity index (χ3v) is 11.6. The molecule has 7 heteroatoms. The van der Waals surface area contributed by atoms with E-state index in [1.807, 2.05) is 72.8 Å². The fraction of sp³-hybridized carbons (Fsp3) is 0.523. The third-order valence-electron chi connectivity index (χ3n) is 11.2. The monoisotopic (exact) mass is 1000 g/mol. The molecule has 0 fully saturated rings.